The number of carbonyl (C=O) groups is 1. The van der Waals surface area contributed by atoms with Gasteiger partial charge in [0.1, 0.15) is 6.04 Å². The monoisotopic (exact) mass is 270 g/mol. The first-order chi connectivity index (χ1) is 9.12. The molecule has 1 aliphatic carbocycles. The van der Waals surface area contributed by atoms with Gasteiger partial charge in [0.15, 0.2) is 0 Å². The van der Waals surface area contributed by atoms with E-state index in [1.165, 1.54) is 32.8 Å². The van der Waals surface area contributed by atoms with Gasteiger partial charge in [-0.3, -0.25) is 9.69 Å². The van der Waals surface area contributed by atoms with E-state index in [0.29, 0.717) is 12.1 Å². The van der Waals surface area contributed by atoms with E-state index in [2.05, 4.69) is 31.0 Å². The van der Waals surface area contributed by atoms with Crippen molar-refractivity contribution in [1.29, 1.82) is 0 Å². The maximum Gasteiger partial charge on any atom is 0.324 e. The van der Waals surface area contributed by atoms with Gasteiger partial charge in [-0.05, 0) is 39.2 Å². The highest BCUT2D eigenvalue weighted by atomic mass is 16.5. The summed E-state index contributed by atoms with van der Waals surface area (Å²) < 4.78 is 4.93. The topological polar surface area (TPSA) is 41.6 Å². The molecule has 0 bridgehead atoms. The third-order valence-corrected chi connectivity index (χ3v) is 3.93. The van der Waals surface area contributed by atoms with Crippen molar-refractivity contribution in [1.82, 2.24) is 10.2 Å². The number of ether oxygens (including phenoxy) is 1. The van der Waals surface area contributed by atoms with Gasteiger partial charge >= 0.3 is 5.97 Å². The minimum absolute atomic E-state index is 0.128. The molecule has 0 heterocycles. The van der Waals surface area contributed by atoms with Crippen molar-refractivity contribution in [2.75, 3.05) is 20.2 Å². The lowest BCUT2D eigenvalue weighted by molar-refractivity contribution is -0.143. The molecule has 0 radical (unpaired) electrons. The summed E-state index contributed by atoms with van der Waals surface area (Å²) in [5.74, 6) is -0.128. The Kier molecular flexibility index (Phi) is 7.39. The van der Waals surface area contributed by atoms with E-state index < -0.39 is 0 Å². The third-order valence-electron chi connectivity index (χ3n) is 3.93. The van der Waals surface area contributed by atoms with Gasteiger partial charge in [-0.15, -0.1) is 0 Å². The highest BCUT2D eigenvalue weighted by Crippen LogP contribution is 2.20. The number of nitrogens with one attached hydrogen (secondary N) is 1. The molecule has 19 heavy (non-hydrogen) atoms. The average Bonchev–Trinajstić information content (AvgIpc) is 3.24. The molecule has 1 N–H and O–H groups in total. The van der Waals surface area contributed by atoms with Crippen LogP contribution in [-0.4, -0.2) is 49.2 Å². The van der Waals surface area contributed by atoms with E-state index in [9.17, 15) is 4.79 Å². The number of rotatable bonds is 10. The predicted octanol–water partition coefficient (Wildman–Crippen LogP) is 2.18. The SMILES string of the molecule is CCCCN(CC(NC1CC1)C(=O)OC)C(C)CC. The van der Waals surface area contributed by atoms with Crippen LogP contribution >= 0.6 is 0 Å². The molecule has 1 rings (SSSR count). The molecule has 4 nitrogen and oxygen atoms in total. The summed E-state index contributed by atoms with van der Waals surface area (Å²) >= 11 is 0. The zero-order valence-corrected chi connectivity index (χ0v) is 12.9. The zero-order chi connectivity index (χ0) is 14.3. The molecule has 0 spiro atoms. The van der Waals surface area contributed by atoms with Crippen LogP contribution < -0.4 is 5.32 Å². The Balaban J connectivity index is 2.56. The van der Waals surface area contributed by atoms with Crippen LogP contribution in [0.4, 0.5) is 0 Å². The number of methoxy groups -OCH3 is 1. The molecule has 0 aliphatic heterocycles. The van der Waals surface area contributed by atoms with Gasteiger partial charge in [-0.25, -0.2) is 0 Å². The van der Waals surface area contributed by atoms with Gasteiger partial charge in [-0.2, -0.15) is 0 Å². The molecular weight excluding hydrogens is 240 g/mol. The largest absolute Gasteiger partial charge is 0.468 e. The van der Waals surface area contributed by atoms with Crippen LogP contribution in [-0.2, 0) is 9.53 Å². The minimum atomic E-state index is -0.177. The molecule has 0 saturated heterocycles. The molecule has 112 valence electrons. The van der Waals surface area contributed by atoms with Crippen molar-refractivity contribution in [3.8, 4) is 0 Å². The Hall–Kier alpha value is -0.610. The number of hydrogen-bond donors (Lipinski definition) is 1. The van der Waals surface area contributed by atoms with E-state index >= 15 is 0 Å². The second kappa shape index (κ2) is 8.54. The Morgan fingerprint density at radius 1 is 1.42 bits per heavy atom. The molecule has 2 atom stereocenters. The van der Waals surface area contributed by atoms with Crippen molar-refractivity contribution < 1.29 is 9.53 Å². The van der Waals surface area contributed by atoms with Crippen molar-refractivity contribution in [3.63, 3.8) is 0 Å². The fourth-order valence-electron chi connectivity index (χ4n) is 2.22. The Labute approximate surface area is 117 Å². The number of carbonyl (C=O) groups excluding carboxylic acids is 1. The van der Waals surface area contributed by atoms with Crippen LogP contribution in [0, 0.1) is 0 Å². The molecule has 4 heteroatoms. The van der Waals surface area contributed by atoms with E-state index in [4.69, 9.17) is 4.74 Å². The first-order valence-corrected chi connectivity index (χ1v) is 7.70. The summed E-state index contributed by atoms with van der Waals surface area (Å²) in [4.78, 5) is 14.3. The number of esters is 1. The molecule has 1 saturated carbocycles. The number of hydrogen-bond acceptors (Lipinski definition) is 4. The summed E-state index contributed by atoms with van der Waals surface area (Å²) in [6, 6.07) is 0.858. The van der Waals surface area contributed by atoms with Gasteiger partial charge in [-0.1, -0.05) is 20.3 Å². The normalized spacial score (nSPS) is 18.4. The highest BCUT2D eigenvalue weighted by molar-refractivity contribution is 5.76. The van der Waals surface area contributed by atoms with Crippen LogP contribution in [0.1, 0.15) is 52.9 Å². The molecule has 2 unspecified atom stereocenters. The standard InChI is InChI=1S/C15H30N2O2/c1-5-7-10-17(12(3)6-2)11-14(15(18)19-4)16-13-8-9-13/h12-14,16H,5-11H2,1-4H3. The van der Waals surface area contributed by atoms with Crippen LogP contribution in [0.15, 0.2) is 0 Å². The smallest absolute Gasteiger partial charge is 0.324 e. The lowest BCUT2D eigenvalue weighted by Crippen LogP contribution is -2.50. The quantitative estimate of drug-likeness (QED) is 0.618. The molecule has 1 aliphatic rings. The fraction of sp³-hybridized carbons (Fsp3) is 0.933. The van der Waals surface area contributed by atoms with Crippen LogP contribution in [0.2, 0.25) is 0 Å². The first-order valence-electron chi connectivity index (χ1n) is 7.70. The maximum absolute atomic E-state index is 11.9. The summed E-state index contributed by atoms with van der Waals surface area (Å²) in [6.07, 6.45) is 5.85. The Bertz CT molecular complexity index is 267. The van der Waals surface area contributed by atoms with Gasteiger partial charge in [0.2, 0.25) is 0 Å². The van der Waals surface area contributed by atoms with Gasteiger partial charge < -0.3 is 10.1 Å². The minimum Gasteiger partial charge on any atom is -0.468 e. The second-order valence-corrected chi connectivity index (χ2v) is 5.62. The maximum atomic E-state index is 11.9. The van der Waals surface area contributed by atoms with E-state index in [1.807, 2.05) is 0 Å². The Morgan fingerprint density at radius 3 is 2.58 bits per heavy atom. The van der Waals surface area contributed by atoms with Gasteiger partial charge in [0.05, 0.1) is 7.11 Å². The van der Waals surface area contributed by atoms with E-state index in [-0.39, 0.29) is 12.0 Å². The molecule has 1 fully saturated rings. The lowest BCUT2D eigenvalue weighted by atomic mass is 10.1. The van der Waals surface area contributed by atoms with Crippen LogP contribution in [0.3, 0.4) is 0 Å². The molecule has 0 amide bonds. The van der Waals surface area contributed by atoms with Gasteiger partial charge in [0.25, 0.3) is 0 Å². The lowest BCUT2D eigenvalue weighted by Gasteiger charge is -2.31. The van der Waals surface area contributed by atoms with Gasteiger partial charge in [0, 0.05) is 18.6 Å². The predicted molar refractivity (Wildman–Crippen MR) is 78.2 cm³/mol. The molecule has 0 aromatic rings. The fourth-order valence-corrected chi connectivity index (χ4v) is 2.22. The molecule has 0 aromatic carbocycles. The van der Waals surface area contributed by atoms with Crippen LogP contribution in [0.25, 0.3) is 0 Å². The highest BCUT2D eigenvalue weighted by Gasteiger charge is 2.30. The summed E-state index contributed by atoms with van der Waals surface area (Å²) in [5.41, 5.74) is 0. The summed E-state index contributed by atoms with van der Waals surface area (Å²) in [6.45, 7) is 8.46. The van der Waals surface area contributed by atoms with E-state index in [1.54, 1.807) is 0 Å². The molecular formula is C15H30N2O2. The average molecular weight is 270 g/mol. The number of unbranched alkanes of at least 4 members (excludes halogenated alkanes) is 1. The zero-order valence-electron chi connectivity index (χ0n) is 12.9. The molecule has 0 aromatic heterocycles. The van der Waals surface area contributed by atoms with E-state index in [0.717, 1.165) is 19.5 Å². The van der Waals surface area contributed by atoms with Crippen molar-refractivity contribution in [3.05, 3.63) is 0 Å². The number of nitrogens with zero attached hydrogens (tertiary/aromatic N) is 1. The second-order valence-electron chi connectivity index (χ2n) is 5.62. The summed E-state index contributed by atoms with van der Waals surface area (Å²) in [7, 11) is 1.48. The Morgan fingerprint density at radius 2 is 2.11 bits per heavy atom. The summed E-state index contributed by atoms with van der Waals surface area (Å²) in [5, 5.41) is 3.41. The van der Waals surface area contributed by atoms with Crippen molar-refractivity contribution >= 4 is 5.97 Å². The van der Waals surface area contributed by atoms with Crippen molar-refractivity contribution in [2.24, 2.45) is 0 Å². The van der Waals surface area contributed by atoms with Crippen LogP contribution in [0.5, 0.6) is 0 Å². The van der Waals surface area contributed by atoms with Crippen molar-refractivity contribution in [2.45, 2.75) is 71.0 Å². The first kappa shape index (κ1) is 16.4. The third kappa shape index (κ3) is 5.91.